The first-order valence-corrected chi connectivity index (χ1v) is 11.8. The van der Waals surface area contributed by atoms with Crippen LogP contribution in [0, 0.1) is 0 Å². The summed E-state index contributed by atoms with van der Waals surface area (Å²) in [6.45, 7) is 1.99. The van der Waals surface area contributed by atoms with E-state index in [1.54, 1.807) is 49.8 Å². The second kappa shape index (κ2) is 10.9. The molecule has 0 spiro atoms. The molecule has 0 aromatic rings. The van der Waals surface area contributed by atoms with Gasteiger partial charge in [-0.25, -0.2) is 0 Å². The van der Waals surface area contributed by atoms with Crippen LogP contribution < -0.4 is 0 Å². The summed E-state index contributed by atoms with van der Waals surface area (Å²) in [6.07, 6.45) is 3.08. The standard InChI is InChI=1S/C9H20O4Si.C5H14O3Si/c1-10-9(11-2)7-5-6-8-14(9,12-3)13-4;1-5-9(6-2,7-3)8-4/h5-8H2,1-4H3;5H2,1-4H3. The maximum atomic E-state index is 5.59. The molecule has 1 aliphatic rings. The Bertz CT molecular complexity index is 268. The Morgan fingerprint density at radius 3 is 1.52 bits per heavy atom. The molecule has 0 aromatic heterocycles. The number of hydrogen-bond acceptors (Lipinski definition) is 7. The molecule has 0 aromatic carbocycles. The van der Waals surface area contributed by atoms with Gasteiger partial charge in [-0.15, -0.1) is 0 Å². The maximum absolute atomic E-state index is 5.59. The zero-order chi connectivity index (χ0) is 18.0. The lowest BCUT2D eigenvalue weighted by molar-refractivity contribution is -0.183. The first-order valence-electron chi connectivity index (χ1n) is 7.80. The highest BCUT2D eigenvalue weighted by Crippen LogP contribution is 2.40. The van der Waals surface area contributed by atoms with E-state index in [0.717, 1.165) is 31.4 Å². The van der Waals surface area contributed by atoms with Crippen molar-refractivity contribution in [2.75, 3.05) is 49.8 Å². The van der Waals surface area contributed by atoms with Gasteiger partial charge >= 0.3 is 17.4 Å². The Hall–Kier alpha value is 0.154. The Kier molecular flexibility index (Phi) is 11.0. The van der Waals surface area contributed by atoms with Gasteiger partial charge in [-0.2, -0.15) is 0 Å². The fraction of sp³-hybridized carbons (Fsp3) is 1.00. The predicted molar refractivity (Wildman–Crippen MR) is 92.4 cm³/mol. The summed E-state index contributed by atoms with van der Waals surface area (Å²) in [4.78, 5) is 0. The molecule has 0 saturated carbocycles. The van der Waals surface area contributed by atoms with Crippen molar-refractivity contribution in [1.29, 1.82) is 0 Å². The molecule has 9 heteroatoms. The van der Waals surface area contributed by atoms with E-state index >= 15 is 0 Å². The van der Waals surface area contributed by atoms with Crippen LogP contribution in [0.1, 0.15) is 26.2 Å². The summed E-state index contributed by atoms with van der Waals surface area (Å²) in [6, 6.07) is 1.75. The minimum Gasteiger partial charge on any atom is -0.395 e. The second-order valence-electron chi connectivity index (χ2n) is 5.18. The molecule has 140 valence electrons. The summed E-state index contributed by atoms with van der Waals surface area (Å²) in [5.74, 6) is 0. The highest BCUT2D eigenvalue weighted by Gasteiger charge is 2.60. The summed E-state index contributed by atoms with van der Waals surface area (Å²) >= 11 is 0. The zero-order valence-corrected chi connectivity index (χ0v) is 17.9. The fourth-order valence-corrected chi connectivity index (χ4v) is 7.82. The van der Waals surface area contributed by atoms with Crippen molar-refractivity contribution in [3.05, 3.63) is 0 Å². The van der Waals surface area contributed by atoms with E-state index < -0.39 is 22.8 Å². The number of rotatable bonds is 8. The predicted octanol–water partition coefficient (Wildman–Crippen LogP) is 2.32. The molecule has 0 radical (unpaired) electrons. The molecule has 1 fully saturated rings. The molecule has 7 nitrogen and oxygen atoms in total. The molecular formula is C14H34O7Si2. The normalized spacial score (nSPS) is 19.8. The molecule has 0 aliphatic carbocycles. The van der Waals surface area contributed by atoms with Gasteiger partial charge in [0, 0.05) is 62.2 Å². The molecular weight excluding hydrogens is 336 g/mol. The molecule has 1 saturated heterocycles. The van der Waals surface area contributed by atoms with Crippen molar-refractivity contribution >= 4 is 17.4 Å². The molecule has 23 heavy (non-hydrogen) atoms. The van der Waals surface area contributed by atoms with Crippen LogP contribution >= 0.6 is 0 Å². The highest BCUT2D eigenvalue weighted by atomic mass is 28.4. The van der Waals surface area contributed by atoms with Crippen LogP contribution in [-0.4, -0.2) is 72.5 Å². The summed E-state index contributed by atoms with van der Waals surface area (Å²) in [5.41, 5.74) is -0.630. The van der Waals surface area contributed by atoms with E-state index in [2.05, 4.69) is 0 Å². The Labute approximate surface area is 143 Å². The molecule has 0 N–H and O–H groups in total. The van der Waals surface area contributed by atoms with Gasteiger partial charge in [-0.1, -0.05) is 13.3 Å². The van der Waals surface area contributed by atoms with Crippen LogP contribution in [0.3, 0.4) is 0 Å². The van der Waals surface area contributed by atoms with E-state index in [1.807, 2.05) is 6.92 Å². The van der Waals surface area contributed by atoms with Crippen LogP contribution in [0.4, 0.5) is 0 Å². The summed E-state index contributed by atoms with van der Waals surface area (Å²) < 4.78 is 37.5. The van der Waals surface area contributed by atoms with Gasteiger partial charge in [0.25, 0.3) is 0 Å². The maximum Gasteiger partial charge on any atom is 0.499 e. The van der Waals surface area contributed by atoms with Gasteiger partial charge in [0.05, 0.1) is 0 Å². The van der Waals surface area contributed by atoms with Gasteiger partial charge in [0.15, 0.2) is 0 Å². The molecule has 0 unspecified atom stereocenters. The summed E-state index contributed by atoms with van der Waals surface area (Å²) in [5, 5.41) is 0. The lowest BCUT2D eigenvalue weighted by Crippen LogP contribution is -2.65. The summed E-state index contributed by atoms with van der Waals surface area (Å²) in [7, 11) is 6.99. The van der Waals surface area contributed by atoms with Crippen LogP contribution in [0.25, 0.3) is 0 Å². The van der Waals surface area contributed by atoms with Crippen LogP contribution in [0.5, 0.6) is 0 Å². The van der Waals surface area contributed by atoms with E-state index in [0.29, 0.717) is 0 Å². The average Bonchev–Trinajstić information content (AvgIpc) is 2.64. The number of hydrogen-bond donors (Lipinski definition) is 0. The lowest BCUT2D eigenvalue weighted by atomic mass is 10.2. The number of ether oxygens (including phenoxy) is 2. The molecule has 1 heterocycles. The fourth-order valence-electron chi connectivity index (χ4n) is 2.98. The average molecular weight is 371 g/mol. The molecule has 1 rings (SSSR count). The van der Waals surface area contributed by atoms with Crippen molar-refractivity contribution in [3.63, 3.8) is 0 Å². The minimum atomic E-state index is -2.35. The first kappa shape index (κ1) is 23.2. The van der Waals surface area contributed by atoms with E-state index in [1.165, 1.54) is 0 Å². The third kappa shape index (κ3) is 5.06. The topological polar surface area (TPSA) is 64.6 Å². The van der Waals surface area contributed by atoms with E-state index in [-0.39, 0.29) is 0 Å². The van der Waals surface area contributed by atoms with Crippen LogP contribution in [0.2, 0.25) is 12.1 Å². The van der Waals surface area contributed by atoms with Gasteiger partial charge in [0.2, 0.25) is 5.41 Å². The SMILES string of the molecule is CC[Si](OC)(OC)OC.COC1(OC)CCCC[Si]1(OC)OC. The van der Waals surface area contributed by atoms with Crippen molar-refractivity contribution in [2.24, 2.45) is 0 Å². The number of methoxy groups -OCH3 is 2. The van der Waals surface area contributed by atoms with E-state index in [9.17, 15) is 0 Å². The van der Waals surface area contributed by atoms with Crippen LogP contribution in [-0.2, 0) is 31.6 Å². The van der Waals surface area contributed by atoms with Crippen molar-refractivity contribution in [3.8, 4) is 0 Å². The lowest BCUT2D eigenvalue weighted by Gasteiger charge is -2.46. The van der Waals surface area contributed by atoms with Gasteiger partial charge in [0.1, 0.15) is 0 Å². The Morgan fingerprint density at radius 1 is 0.826 bits per heavy atom. The Morgan fingerprint density at radius 2 is 1.30 bits per heavy atom. The largest absolute Gasteiger partial charge is 0.499 e. The molecule has 1 aliphatic heterocycles. The first-order chi connectivity index (χ1) is 10.9. The van der Waals surface area contributed by atoms with Crippen LogP contribution in [0.15, 0.2) is 0 Å². The van der Waals surface area contributed by atoms with E-state index in [4.69, 9.17) is 31.6 Å². The van der Waals surface area contributed by atoms with Gasteiger partial charge < -0.3 is 31.6 Å². The van der Waals surface area contributed by atoms with Crippen molar-refractivity contribution in [1.82, 2.24) is 0 Å². The Balaban J connectivity index is 0.000000468. The second-order valence-corrected chi connectivity index (χ2v) is 12.1. The molecule has 0 bridgehead atoms. The van der Waals surface area contributed by atoms with Crippen molar-refractivity contribution < 1.29 is 31.6 Å². The van der Waals surface area contributed by atoms with Gasteiger partial charge in [-0.3, -0.25) is 0 Å². The third-order valence-electron chi connectivity index (χ3n) is 4.53. The highest BCUT2D eigenvalue weighted by molar-refractivity contribution is 6.70. The molecule has 0 atom stereocenters. The third-order valence-corrected chi connectivity index (χ3v) is 11.4. The van der Waals surface area contributed by atoms with Crippen molar-refractivity contribution in [2.45, 2.75) is 43.7 Å². The van der Waals surface area contributed by atoms with Gasteiger partial charge in [-0.05, 0) is 12.5 Å². The monoisotopic (exact) mass is 370 g/mol. The molecule has 0 amide bonds. The zero-order valence-electron chi connectivity index (χ0n) is 15.9. The quantitative estimate of drug-likeness (QED) is 0.480. The minimum absolute atomic E-state index is 0.630. The smallest absolute Gasteiger partial charge is 0.395 e.